The van der Waals surface area contributed by atoms with E-state index in [1.165, 1.54) is 11.0 Å². The minimum absolute atomic E-state index is 0.000122. The molecule has 0 aromatic heterocycles. The fraction of sp³-hybridized carbons (Fsp3) is 0.308. The average Bonchev–Trinajstić information content (AvgIpc) is 2.67. The van der Waals surface area contributed by atoms with E-state index in [2.05, 4.69) is 0 Å². The molecule has 1 aliphatic rings. The number of nitrogens with two attached hydrogens (primary N) is 2. The Balaban J connectivity index is 2.23. The van der Waals surface area contributed by atoms with Gasteiger partial charge in [0.2, 0.25) is 5.91 Å². The number of benzene rings is 1. The fourth-order valence-electron chi connectivity index (χ4n) is 2.28. The number of nitrogens with zero attached hydrogens (tertiary/aromatic N) is 1. The minimum Gasteiger partial charge on any atom is -0.480 e. The van der Waals surface area contributed by atoms with Crippen LogP contribution in [0.4, 0.5) is 5.69 Å². The van der Waals surface area contributed by atoms with Crippen LogP contribution in [0.3, 0.4) is 0 Å². The first-order valence-corrected chi connectivity index (χ1v) is 6.10. The third-order valence-electron chi connectivity index (χ3n) is 3.29. The van der Waals surface area contributed by atoms with Gasteiger partial charge >= 0.3 is 5.97 Å². The molecule has 0 saturated carbocycles. The van der Waals surface area contributed by atoms with Crippen molar-refractivity contribution in [1.82, 2.24) is 4.90 Å². The van der Waals surface area contributed by atoms with E-state index in [1.54, 1.807) is 12.1 Å². The monoisotopic (exact) mass is 277 g/mol. The first-order valence-electron chi connectivity index (χ1n) is 6.10. The van der Waals surface area contributed by atoms with Crippen molar-refractivity contribution < 1.29 is 19.5 Å². The van der Waals surface area contributed by atoms with Crippen LogP contribution in [0.15, 0.2) is 18.2 Å². The van der Waals surface area contributed by atoms with Crippen LogP contribution in [0.25, 0.3) is 0 Å². The highest BCUT2D eigenvalue weighted by atomic mass is 16.4. The van der Waals surface area contributed by atoms with Crippen molar-refractivity contribution in [1.29, 1.82) is 0 Å². The van der Waals surface area contributed by atoms with Gasteiger partial charge in [0.05, 0.1) is 0 Å². The molecule has 1 aliphatic heterocycles. The summed E-state index contributed by atoms with van der Waals surface area (Å²) in [6.45, 7) is 0.199. The van der Waals surface area contributed by atoms with Gasteiger partial charge in [-0.2, -0.15) is 0 Å². The van der Waals surface area contributed by atoms with Gasteiger partial charge in [-0.1, -0.05) is 6.07 Å². The minimum atomic E-state index is -1.15. The molecule has 0 fully saturated rings. The summed E-state index contributed by atoms with van der Waals surface area (Å²) in [5.41, 5.74) is 12.2. The number of amides is 2. The molecule has 106 valence electrons. The molecule has 0 spiro atoms. The van der Waals surface area contributed by atoms with Gasteiger partial charge in [-0.25, -0.2) is 4.79 Å². The van der Waals surface area contributed by atoms with E-state index < -0.39 is 17.9 Å². The number of primary amides is 1. The van der Waals surface area contributed by atoms with Crippen LogP contribution in [0, 0.1) is 0 Å². The average molecular weight is 277 g/mol. The van der Waals surface area contributed by atoms with Gasteiger partial charge in [0.25, 0.3) is 5.91 Å². The van der Waals surface area contributed by atoms with E-state index in [9.17, 15) is 19.5 Å². The zero-order chi connectivity index (χ0) is 14.9. The maximum atomic E-state index is 12.2. The van der Waals surface area contributed by atoms with Crippen LogP contribution >= 0.6 is 0 Å². The topological polar surface area (TPSA) is 127 Å². The molecular weight excluding hydrogens is 262 g/mol. The Morgan fingerprint density at radius 2 is 2.10 bits per heavy atom. The van der Waals surface area contributed by atoms with Gasteiger partial charge in [-0.3, -0.25) is 9.59 Å². The van der Waals surface area contributed by atoms with Crippen molar-refractivity contribution in [3.63, 3.8) is 0 Å². The van der Waals surface area contributed by atoms with Crippen LogP contribution in [-0.4, -0.2) is 33.8 Å². The van der Waals surface area contributed by atoms with Crippen molar-refractivity contribution in [2.24, 2.45) is 5.73 Å². The van der Waals surface area contributed by atoms with E-state index >= 15 is 0 Å². The van der Waals surface area contributed by atoms with Gasteiger partial charge in [-0.15, -0.1) is 0 Å². The summed E-state index contributed by atoms with van der Waals surface area (Å²) in [4.78, 5) is 35.5. The highest BCUT2D eigenvalue weighted by molar-refractivity contribution is 6.01. The molecule has 2 amide bonds. The molecule has 0 saturated heterocycles. The van der Waals surface area contributed by atoms with E-state index in [-0.39, 0.29) is 25.3 Å². The Kier molecular flexibility index (Phi) is 3.60. The Hall–Kier alpha value is -2.57. The molecule has 2 rings (SSSR count). The van der Waals surface area contributed by atoms with E-state index in [0.717, 1.165) is 5.56 Å². The zero-order valence-electron chi connectivity index (χ0n) is 10.7. The van der Waals surface area contributed by atoms with Crippen LogP contribution in [0.2, 0.25) is 0 Å². The number of carbonyl (C=O) groups is 3. The molecule has 20 heavy (non-hydrogen) atoms. The Labute approximate surface area is 115 Å². The lowest BCUT2D eigenvalue weighted by Crippen LogP contribution is -2.42. The summed E-state index contributed by atoms with van der Waals surface area (Å²) in [5.74, 6) is -2.13. The molecule has 7 heteroatoms. The number of hydrogen-bond donors (Lipinski definition) is 3. The second-order valence-electron chi connectivity index (χ2n) is 4.71. The summed E-state index contributed by atoms with van der Waals surface area (Å²) in [6, 6.07) is 3.83. The van der Waals surface area contributed by atoms with Crippen LogP contribution in [-0.2, 0) is 16.1 Å². The van der Waals surface area contributed by atoms with Crippen molar-refractivity contribution in [3.05, 3.63) is 29.3 Å². The van der Waals surface area contributed by atoms with Crippen molar-refractivity contribution in [3.8, 4) is 0 Å². The number of hydrogen-bond acceptors (Lipinski definition) is 4. The number of carbonyl (C=O) groups excluding carboxylic acids is 2. The molecule has 0 aliphatic carbocycles. The predicted molar refractivity (Wildman–Crippen MR) is 70.6 cm³/mol. The predicted octanol–water partition coefficient (Wildman–Crippen LogP) is -0.0567. The lowest BCUT2D eigenvalue weighted by Gasteiger charge is -2.23. The summed E-state index contributed by atoms with van der Waals surface area (Å²) >= 11 is 0. The van der Waals surface area contributed by atoms with Gasteiger partial charge in [0, 0.05) is 24.2 Å². The van der Waals surface area contributed by atoms with Crippen molar-refractivity contribution in [2.75, 3.05) is 5.73 Å². The number of fused-ring (bicyclic) bond motifs is 1. The first kappa shape index (κ1) is 13.9. The molecule has 0 radical (unpaired) electrons. The molecule has 1 heterocycles. The molecule has 1 aromatic rings. The van der Waals surface area contributed by atoms with Gasteiger partial charge in [0.15, 0.2) is 0 Å². The van der Waals surface area contributed by atoms with Crippen LogP contribution < -0.4 is 11.5 Å². The molecule has 0 bridgehead atoms. The summed E-state index contributed by atoms with van der Waals surface area (Å²) in [5, 5.41) is 9.23. The summed E-state index contributed by atoms with van der Waals surface area (Å²) < 4.78 is 0. The second kappa shape index (κ2) is 5.20. The fourth-order valence-corrected chi connectivity index (χ4v) is 2.28. The number of rotatable bonds is 5. The SMILES string of the molecule is NC(=O)CCC(C(=O)O)N1Cc2ccc(N)cc2C1=O. The summed E-state index contributed by atoms with van der Waals surface area (Å²) in [7, 11) is 0. The van der Waals surface area contributed by atoms with Crippen LogP contribution in [0.5, 0.6) is 0 Å². The highest BCUT2D eigenvalue weighted by Gasteiger charge is 2.36. The summed E-state index contributed by atoms with van der Waals surface area (Å²) in [6.07, 6.45) is -0.0842. The van der Waals surface area contributed by atoms with E-state index in [0.29, 0.717) is 11.3 Å². The third kappa shape index (κ3) is 2.56. The maximum Gasteiger partial charge on any atom is 0.326 e. The normalized spacial score (nSPS) is 15.0. The molecular formula is C13H15N3O4. The zero-order valence-corrected chi connectivity index (χ0v) is 10.7. The Morgan fingerprint density at radius 1 is 1.40 bits per heavy atom. The third-order valence-corrected chi connectivity index (χ3v) is 3.29. The lowest BCUT2D eigenvalue weighted by atomic mass is 10.1. The Morgan fingerprint density at radius 3 is 2.70 bits per heavy atom. The number of aliphatic carboxylic acids is 1. The maximum absolute atomic E-state index is 12.2. The highest BCUT2D eigenvalue weighted by Crippen LogP contribution is 2.27. The number of nitrogen functional groups attached to an aromatic ring is 1. The molecule has 5 N–H and O–H groups in total. The molecule has 1 unspecified atom stereocenters. The largest absolute Gasteiger partial charge is 0.480 e. The van der Waals surface area contributed by atoms with Crippen molar-refractivity contribution >= 4 is 23.5 Å². The van der Waals surface area contributed by atoms with Crippen molar-refractivity contribution in [2.45, 2.75) is 25.4 Å². The number of carboxylic acids is 1. The van der Waals surface area contributed by atoms with Gasteiger partial charge in [0.1, 0.15) is 6.04 Å². The van der Waals surface area contributed by atoms with E-state index in [4.69, 9.17) is 11.5 Å². The number of anilines is 1. The Bertz CT molecular complexity index is 585. The lowest BCUT2D eigenvalue weighted by molar-refractivity contribution is -0.142. The molecule has 7 nitrogen and oxygen atoms in total. The van der Waals surface area contributed by atoms with Crippen LogP contribution in [0.1, 0.15) is 28.8 Å². The van der Waals surface area contributed by atoms with E-state index in [1.807, 2.05) is 0 Å². The quantitative estimate of drug-likeness (QED) is 0.650. The second-order valence-corrected chi connectivity index (χ2v) is 4.71. The van der Waals surface area contributed by atoms with Gasteiger partial charge in [-0.05, 0) is 24.1 Å². The number of carboxylic acid groups (broad SMARTS) is 1. The molecule has 1 aromatic carbocycles. The standard InChI is InChI=1S/C13H15N3O4/c14-8-2-1-7-6-16(12(18)9(7)5-8)10(13(19)20)3-4-11(15)17/h1-2,5,10H,3-4,6,14H2,(H2,15,17)(H,19,20). The molecule has 1 atom stereocenters. The smallest absolute Gasteiger partial charge is 0.326 e. The van der Waals surface area contributed by atoms with Gasteiger partial charge < -0.3 is 21.5 Å². The first-order chi connectivity index (χ1) is 9.40.